The van der Waals surface area contributed by atoms with Gasteiger partial charge >= 0.3 is 0 Å². The van der Waals surface area contributed by atoms with Gasteiger partial charge < -0.3 is 5.32 Å². The SMILES string of the molecule is O=C(Nc1ccccn1)/C(=C/c1cccs1)c1ccc(Br)cc1. The van der Waals surface area contributed by atoms with Crippen molar-refractivity contribution >= 4 is 50.6 Å². The third kappa shape index (κ3) is 4.15. The summed E-state index contributed by atoms with van der Waals surface area (Å²) in [6, 6.07) is 17.0. The number of pyridine rings is 1. The second kappa shape index (κ2) is 7.35. The fourth-order valence-electron chi connectivity index (χ4n) is 2.05. The van der Waals surface area contributed by atoms with E-state index in [4.69, 9.17) is 0 Å². The second-order valence-corrected chi connectivity index (χ2v) is 6.64. The summed E-state index contributed by atoms with van der Waals surface area (Å²) >= 11 is 5.01. The molecule has 1 N–H and O–H groups in total. The van der Waals surface area contributed by atoms with Crippen LogP contribution < -0.4 is 5.32 Å². The maximum Gasteiger partial charge on any atom is 0.257 e. The Morgan fingerprint density at radius 3 is 2.57 bits per heavy atom. The fraction of sp³-hybridized carbons (Fsp3) is 0. The fourth-order valence-corrected chi connectivity index (χ4v) is 2.97. The summed E-state index contributed by atoms with van der Waals surface area (Å²) in [6.07, 6.45) is 3.55. The van der Waals surface area contributed by atoms with E-state index in [1.807, 2.05) is 60.0 Å². The quantitative estimate of drug-likeness (QED) is 0.636. The van der Waals surface area contributed by atoms with Crippen LogP contribution in [0, 0.1) is 0 Å². The van der Waals surface area contributed by atoms with Gasteiger partial charge in [0.2, 0.25) is 0 Å². The summed E-state index contributed by atoms with van der Waals surface area (Å²) in [4.78, 5) is 17.9. The van der Waals surface area contributed by atoms with Crippen molar-refractivity contribution in [3.63, 3.8) is 0 Å². The first-order valence-electron chi connectivity index (χ1n) is 6.96. The zero-order valence-corrected chi connectivity index (χ0v) is 14.5. The van der Waals surface area contributed by atoms with Gasteiger partial charge in [-0.15, -0.1) is 11.3 Å². The predicted octanol–water partition coefficient (Wildman–Crippen LogP) is 5.08. The Labute approximate surface area is 146 Å². The Kier molecular flexibility index (Phi) is 5.00. The Morgan fingerprint density at radius 2 is 1.91 bits per heavy atom. The number of hydrogen-bond acceptors (Lipinski definition) is 3. The molecule has 0 spiro atoms. The average Bonchev–Trinajstić information content (AvgIpc) is 3.08. The van der Waals surface area contributed by atoms with Crippen LogP contribution in [0.4, 0.5) is 5.82 Å². The molecule has 0 bridgehead atoms. The molecule has 114 valence electrons. The highest BCUT2D eigenvalue weighted by Crippen LogP contribution is 2.24. The van der Waals surface area contributed by atoms with E-state index in [9.17, 15) is 4.79 Å². The lowest BCUT2D eigenvalue weighted by Crippen LogP contribution is -2.14. The molecule has 0 atom stereocenters. The molecule has 5 heteroatoms. The summed E-state index contributed by atoms with van der Waals surface area (Å²) in [7, 11) is 0. The van der Waals surface area contributed by atoms with Crippen molar-refractivity contribution in [1.29, 1.82) is 0 Å². The molecule has 0 fully saturated rings. The van der Waals surface area contributed by atoms with Crippen LogP contribution in [0.2, 0.25) is 0 Å². The molecule has 0 aliphatic rings. The first kappa shape index (κ1) is 15.6. The van der Waals surface area contributed by atoms with Gasteiger partial charge in [-0.2, -0.15) is 0 Å². The number of carbonyl (C=O) groups is 1. The van der Waals surface area contributed by atoms with Crippen LogP contribution in [0.3, 0.4) is 0 Å². The number of hydrogen-bond donors (Lipinski definition) is 1. The standard InChI is InChI=1S/C18H13BrN2OS/c19-14-8-6-13(7-9-14)16(12-15-4-3-11-23-15)18(22)21-17-5-1-2-10-20-17/h1-12H,(H,20,21,22)/b16-12+. The molecular weight excluding hydrogens is 372 g/mol. The van der Waals surface area contributed by atoms with E-state index < -0.39 is 0 Å². The van der Waals surface area contributed by atoms with Crippen LogP contribution in [-0.4, -0.2) is 10.9 Å². The Hall–Kier alpha value is -2.24. The highest BCUT2D eigenvalue weighted by molar-refractivity contribution is 9.10. The molecule has 3 nitrogen and oxygen atoms in total. The van der Waals surface area contributed by atoms with Gasteiger partial charge in [0.05, 0.1) is 0 Å². The Balaban J connectivity index is 1.95. The molecule has 0 aliphatic carbocycles. The zero-order valence-electron chi connectivity index (χ0n) is 12.1. The number of aromatic nitrogens is 1. The minimum Gasteiger partial charge on any atom is -0.307 e. The van der Waals surface area contributed by atoms with E-state index in [-0.39, 0.29) is 5.91 Å². The van der Waals surface area contributed by atoms with Crippen LogP contribution >= 0.6 is 27.3 Å². The molecule has 1 amide bonds. The van der Waals surface area contributed by atoms with Crippen molar-refractivity contribution in [2.24, 2.45) is 0 Å². The third-order valence-corrected chi connectivity index (χ3v) is 4.48. The maximum absolute atomic E-state index is 12.7. The maximum atomic E-state index is 12.7. The van der Waals surface area contributed by atoms with Gasteiger partial charge in [0.15, 0.2) is 0 Å². The highest BCUT2D eigenvalue weighted by atomic mass is 79.9. The average molecular weight is 385 g/mol. The van der Waals surface area contributed by atoms with Crippen molar-refractivity contribution in [3.05, 3.63) is 81.1 Å². The zero-order chi connectivity index (χ0) is 16.1. The molecule has 23 heavy (non-hydrogen) atoms. The largest absolute Gasteiger partial charge is 0.307 e. The van der Waals surface area contributed by atoms with Crippen molar-refractivity contribution in [2.45, 2.75) is 0 Å². The predicted molar refractivity (Wildman–Crippen MR) is 99.2 cm³/mol. The molecule has 1 aromatic carbocycles. The first-order chi connectivity index (χ1) is 11.2. The lowest BCUT2D eigenvalue weighted by molar-refractivity contribution is -0.111. The lowest BCUT2D eigenvalue weighted by Gasteiger charge is -2.09. The van der Waals surface area contributed by atoms with Gasteiger partial charge in [0, 0.05) is 21.1 Å². The second-order valence-electron chi connectivity index (χ2n) is 4.75. The van der Waals surface area contributed by atoms with E-state index in [0.29, 0.717) is 11.4 Å². The van der Waals surface area contributed by atoms with E-state index >= 15 is 0 Å². The van der Waals surface area contributed by atoms with Crippen LogP contribution in [0.15, 0.2) is 70.6 Å². The smallest absolute Gasteiger partial charge is 0.257 e. The number of thiophene rings is 1. The highest BCUT2D eigenvalue weighted by Gasteiger charge is 2.13. The van der Waals surface area contributed by atoms with Gasteiger partial charge in [-0.25, -0.2) is 4.98 Å². The van der Waals surface area contributed by atoms with E-state index in [2.05, 4.69) is 26.2 Å². The summed E-state index contributed by atoms with van der Waals surface area (Å²) in [5, 5.41) is 4.83. The first-order valence-corrected chi connectivity index (χ1v) is 8.63. The summed E-state index contributed by atoms with van der Waals surface area (Å²) in [5.74, 6) is 0.353. The number of halogens is 1. The number of nitrogens with one attached hydrogen (secondary N) is 1. The number of anilines is 1. The van der Waals surface area contributed by atoms with Crippen LogP contribution in [0.5, 0.6) is 0 Å². The summed E-state index contributed by atoms with van der Waals surface area (Å²) in [6.45, 7) is 0. The molecule has 3 aromatic rings. The normalized spacial score (nSPS) is 11.3. The monoisotopic (exact) mass is 384 g/mol. The Morgan fingerprint density at radius 1 is 1.09 bits per heavy atom. The molecule has 0 saturated heterocycles. The van der Waals surface area contributed by atoms with E-state index in [1.54, 1.807) is 23.6 Å². The molecular formula is C18H13BrN2OS. The number of carbonyl (C=O) groups excluding carboxylic acids is 1. The van der Waals surface area contributed by atoms with Crippen LogP contribution in [0.25, 0.3) is 11.6 Å². The molecule has 0 aliphatic heterocycles. The topological polar surface area (TPSA) is 42.0 Å². The van der Waals surface area contributed by atoms with Crippen molar-refractivity contribution < 1.29 is 4.79 Å². The van der Waals surface area contributed by atoms with E-state index in [0.717, 1.165) is 14.9 Å². The molecule has 2 heterocycles. The lowest BCUT2D eigenvalue weighted by atomic mass is 10.0. The molecule has 2 aromatic heterocycles. The molecule has 3 rings (SSSR count). The number of amides is 1. The molecule has 0 radical (unpaired) electrons. The van der Waals surface area contributed by atoms with Gasteiger partial charge in [0.1, 0.15) is 5.82 Å². The van der Waals surface area contributed by atoms with Gasteiger partial charge in [-0.3, -0.25) is 4.79 Å². The van der Waals surface area contributed by atoms with E-state index in [1.165, 1.54) is 0 Å². The number of nitrogens with zero attached hydrogens (tertiary/aromatic N) is 1. The van der Waals surface area contributed by atoms with Gasteiger partial charge in [-0.1, -0.05) is 40.2 Å². The Bertz CT molecular complexity index is 812. The third-order valence-electron chi connectivity index (χ3n) is 3.14. The van der Waals surface area contributed by atoms with Crippen molar-refractivity contribution in [2.75, 3.05) is 5.32 Å². The van der Waals surface area contributed by atoms with Gasteiger partial charge in [0.25, 0.3) is 5.91 Å². The number of rotatable bonds is 4. The van der Waals surface area contributed by atoms with Crippen molar-refractivity contribution in [3.8, 4) is 0 Å². The summed E-state index contributed by atoms with van der Waals surface area (Å²) < 4.78 is 0.974. The van der Waals surface area contributed by atoms with Crippen molar-refractivity contribution in [1.82, 2.24) is 4.98 Å². The van der Waals surface area contributed by atoms with Crippen LogP contribution in [0.1, 0.15) is 10.4 Å². The van der Waals surface area contributed by atoms with Gasteiger partial charge in [-0.05, 0) is 47.4 Å². The minimum atomic E-state index is -0.181. The van der Waals surface area contributed by atoms with Crippen LogP contribution in [-0.2, 0) is 4.79 Å². The summed E-state index contributed by atoms with van der Waals surface area (Å²) in [5.41, 5.74) is 1.46. The molecule has 0 saturated carbocycles. The molecule has 0 unspecified atom stereocenters. The number of benzene rings is 1. The minimum absolute atomic E-state index is 0.181.